The number of methoxy groups -OCH3 is 1. The van der Waals surface area contributed by atoms with Crippen molar-refractivity contribution in [3.63, 3.8) is 0 Å². The maximum absolute atomic E-state index is 12.5. The van der Waals surface area contributed by atoms with Gasteiger partial charge in [0.25, 0.3) is 0 Å². The zero-order valence-electron chi connectivity index (χ0n) is 14.7. The van der Waals surface area contributed by atoms with E-state index in [1.165, 1.54) is 7.11 Å². The third kappa shape index (κ3) is 4.02. The summed E-state index contributed by atoms with van der Waals surface area (Å²) in [5.74, 6) is 0.312. The number of esters is 1. The van der Waals surface area contributed by atoms with E-state index < -0.39 is 12.0 Å². The summed E-state index contributed by atoms with van der Waals surface area (Å²) in [7, 11) is 1.37. The van der Waals surface area contributed by atoms with E-state index >= 15 is 0 Å². The van der Waals surface area contributed by atoms with E-state index in [1.807, 2.05) is 30.3 Å². The molecule has 2 amide bonds. The number of benzene rings is 1. The molecule has 0 spiro atoms. The van der Waals surface area contributed by atoms with Crippen LogP contribution >= 0.6 is 0 Å². The van der Waals surface area contributed by atoms with Gasteiger partial charge in [-0.25, -0.2) is 9.59 Å². The predicted molar refractivity (Wildman–Crippen MR) is 94.7 cm³/mol. The first-order valence-corrected chi connectivity index (χ1v) is 8.74. The number of carbonyl (C=O) groups is 2. The quantitative estimate of drug-likeness (QED) is 0.822. The average molecular weight is 343 g/mol. The maximum atomic E-state index is 12.5. The fourth-order valence-corrected chi connectivity index (χ4v) is 3.43. The highest BCUT2D eigenvalue weighted by molar-refractivity contribution is 5.95. The van der Waals surface area contributed by atoms with Crippen molar-refractivity contribution in [3.05, 3.63) is 47.2 Å². The van der Waals surface area contributed by atoms with Gasteiger partial charge in [0.05, 0.1) is 18.7 Å². The van der Waals surface area contributed by atoms with Crippen molar-refractivity contribution in [1.82, 2.24) is 15.5 Å². The predicted octanol–water partition coefficient (Wildman–Crippen LogP) is 2.20. The first kappa shape index (κ1) is 17.5. The van der Waals surface area contributed by atoms with Crippen molar-refractivity contribution < 1.29 is 14.3 Å². The zero-order chi connectivity index (χ0) is 17.8. The molecule has 25 heavy (non-hydrogen) atoms. The Kier molecular flexibility index (Phi) is 5.38. The molecule has 6 nitrogen and oxygen atoms in total. The molecule has 3 rings (SSSR count). The molecule has 134 valence electrons. The molecule has 1 fully saturated rings. The first-order chi connectivity index (χ1) is 12.1. The van der Waals surface area contributed by atoms with Crippen molar-refractivity contribution in [2.75, 3.05) is 26.7 Å². The number of likely N-dealkylation sites (tertiary alicyclic amines) is 1. The Morgan fingerprint density at radius 1 is 1.24 bits per heavy atom. The van der Waals surface area contributed by atoms with Gasteiger partial charge in [0.15, 0.2) is 0 Å². The Morgan fingerprint density at radius 3 is 2.56 bits per heavy atom. The fraction of sp³-hybridized carbons (Fsp3) is 0.474. The van der Waals surface area contributed by atoms with Crippen molar-refractivity contribution >= 4 is 12.0 Å². The molecule has 2 N–H and O–H groups in total. The Balaban J connectivity index is 1.92. The van der Waals surface area contributed by atoms with Crippen LogP contribution in [-0.2, 0) is 9.53 Å². The number of nitrogens with one attached hydrogen (secondary N) is 2. The molecule has 2 aliphatic heterocycles. The molecule has 6 heteroatoms. The van der Waals surface area contributed by atoms with Crippen LogP contribution < -0.4 is 10.6 Å². The van der Waals surface area contributed by atoms with Crippen LogP contribution in [0.3, 0.4) is 0 Å². The van der Waals surface area contributed by atoms with Crippen LogP contribution in [0.4, 0.5) is 4.79 Å². The van der Waals surface area contributed by atoms with Crippen LogP contribution in [0.25, 0.3) is 0 Å². The number of urea groups is 1. The number of hydrogen-bond donors (Lipinski definition) is 2. The van der Waals surface area contributed by atoms with Crippen molar-refractivity contribution in [1.29, 1.82) is 0 Å². The molecule has 0 saturated carbocycles. The Morgan fingerprint density at radius 2 is 1.92 bits per heavy atom. The summed E-state index contributed by atoms with van der Waals surface area (Å²) in [6.07, 6.45) is 2.27. The molecule has 0 unspecified atom stereocenters. The van der Waals surface area contributed by atoms with Gasteiger partial charge in [-0.15, -0.1) is 0 Å². The average Bonchev–Trinajstić information content (AvgIpc) is 2.63. The third-order valence-electron chi connectivity index (χ3n) is 4.95. The summed E-state index contributed by atoms with van der Waals surface area (Å²) in [6.45, 7) is 4.75. The highest BCUT2D eigenvalue weighted by Gasteiger charge is 2.34. The van der Waals surface area contributed by atoms with Gasteiger partial charge in [-0.3, -0.25) is 4.90 Å². The number of ether oxygens (including phenoxy) is 1. The number of amides is 2. The molecule has 0 aliphatic carbocycles. The summed E-state index contributed by atoms with van der Waals surface area (Å²) >= 11 is 0. The Hall–Kier alpha value is -2.34. The Labute approximate surface area is 148 Å². The van der Waals surface area contributed by atoms with E-state index in [9.17, 15) is 9.59 Å². The van der Waals surface area contributed by atoms with Crippen LogP contribution in [0.1, 0.15) is 31.4 Å². The second kappa shape index (κ2) is 7.70. The molecule has 2 heterocycles. The lowest BCUT2D eigenvalue weighted by Gasteiger charge is -2.34. The second-order valence-corrected chi connectivity index (χ2v) is 6.78. The minimum absolute atomic E-state index is 0.290. The van der Waals surface area contributed by atoms with Crippen molar-refractivity contribution in [2.24, 2.45) is 5.92 Å². The zero-order valence-corrected chi connectivity index (χ0v) is 14.7. The van der Waals surface area contributed by atoms with Gasteiger partial charge in [-0.1, -0.05) is 37.3 Å². The van der Waals surface area contributed by atoms with E-state index in [2.05, 4.69) is 22.5 Å². The number of piperidine rings is 1. The lowest BCUT2D eigenvalue weighted by molar-refractivity contribution is -0.136. The summed E-state index contributed by atoms with van der Waals surface area (Å²) in [4.78, 5) is 26.9. The smallest absolute Gasteiger partial charge is 0.338 e. The van der Waals surface area contributed by atoms with Crippen LogP contribution in [0.5, 0.6) is 0 Å². The molecule has 1 atom stereocenters. The van der Waals surface area contributed by atoms with E-state index in [-0.39, 0.29) is 6.03 Å². The molecule has 2 aliphatic rings. The highest BCUT2D eigenvalue weighted by atomic mass is 16.5. The van der Waals surface area contributed by atoms with E-state index in [1.54, 1.807) is 0 Å². The van der Waals surface area contributed by atoms with E-state index in [0.717, 1.165) is 37.4 Å². The molecule has 0 radical (unpaired) electrons. The lowest BCUT2D eigenvalue weighted by Crippen LogP contribution is -2.49. The summed E-state index contributed by atoms with van der Waals surface area (Å²) < 4.78 is 5.01. The number of nitrogens with zero attached hydrogens (tertiary/aromatic N) is 1. The van der Waals surface area contributed by atoms with E-state index in [4.69, 9.17) is 4.74 Å². The monoisotopic (exact) mass is 343 g/mol. The van der Waals surface area contributed by atoms with Crippen LogP contribution in [-0.4, -0.2) is 43.6 Å². The van der Waals surface area contributed by atoms with Gasteiger partial charge in [-0.2, -0.15) is 0 Å². The number of hydrogen-bond acceptors (Lipinski definition) is 4. The highest BCUT2D eigenvalue weighted by Crippen LogP contribution is 2.28. The SMILES string of the molecule is COC(=O)C1=C(CN2CCC(C)CC2)NC(=O)N[C@@H]1c1ccccc1. The summed E-state index contributed by atoms with van der Waals surface area (Å²) in [5.41, 5.74) is 1.98. The standard InChI is InChI=1S/C19H25N3O3/c1-13-8-10-22(11-9-13)12-15-16(18(23)25-2)17(21-19(24)20-15)14-6-4-3-5-7-14/h3-7,13,17H,8-12H2,1-2H3,(H2,20,21,24)/t17-/m1/s1. The summed E-state index contributed by atoms with van der Waals surface area (Å²) in [6, 6.07) is 8.71. The minimum atomic E-state index is -0.499. The fourth-order valence-electron chi connectivity index (χ4n) is 3.43. The molecule has 1 aromatic rings. The van der Waals surface area contributed by atoms with Crippen molar-refractivity contribution in [2.45, 2.75) is 25.8 Å². The topological polar surface area (TPSA) is 70.7 Å². The molecule has 1 saturated heterocycles. The molecule has 0 bridgehead atoms. The molecular formula is C19H25N3O3. The van der Waals surface area contributed by atoms with Gasteiger partial charge < -0.3 is 15.4 Å². The Bertz CT molecular complexity index is 664. The first-order valence-electron chi connectivity index (χ1n) is 8.74. The van der Waals surface area contributed by atoms with Crippen LogP contribution in [0.2, 0.25) is 0 Å². The normalized spacial score (nSPS) is 22.3. The summed E-state index contributed by atoms with van der Waals surface area (Å²) in [5, 5.41) is 5.67. The number of carbonyl (C=O) groups excluding carboxylic acids is 2. The van der Waals surface area contributed by atoms with Gasteiger partial charge >= 0.3 is 12.0 Å². The maximum Gasteiger partial charge on any atom is 0.338 e. The van der Waals surface area contributed by atoms with Gasteiger partial charge in [0, 0.05) is 12.2 Å². The number of rotatable bonds is 4. The third-order valence-corrected chi connectivity index (χ3v) is 4.95. The van der Waals surface area contributed by atoms with Gasteiger partial charge in [0.2, 0.25) is 0 Å². The second-order valence-electron chi connectivity index (χ2n) is 6.78. The van der Waals surface area contributed by atoms with Crippen molar-refractivity contribution in [3.8, 4) is 0 Å². The van der Waals surface area contributed by atoms with Gasteiger partial charge in [0.1, 0.15) is 0 Å². The molecular weight excluding hydrogens is 318 g/mol. The lowest BCUT2D eigenvalue weighted by atomic mass is 9.94. The minimum Gasteiger partial charge on any atom is -0.466 e. The molecule has 0 aromatic heterocycles. The van der Waals surface area contributed by atoms with E-state index in [0.29, 0.717) is 17.8 Å². The largest absolute Gasteiger partial charge is 0.466 e. The van der Waals surface area contributed by atoms with Crippen LogP contribution in [0.15, 0.2) is 41.6 Å². The van der Waals surface area contributed by atoms with Gasteiger partial charge in [-0.05, 0) is 37.4 Å². The van der Waals surface area contributed by atoms with Crippen LogP contribution in [0, 0.1) is 5.92 Å². The molecule has 1 aromatic carbocycles.